The van der Waals surface area contributed by atoms with Crippen molar-refractivity contribution in [2.75, 3.05) is 6.54 Å². The van der Waals surface area contributed by atoms with Gasteiger partial charge in [-0.15, -0.1) is 0 Å². The third kappa shape index (κ3) is 4.68. The Morgan fingerprint density at radius 1 is 1.44 bits per heavy atom. The fourth-order valence-electron chi connectivity index (χ4n) is 1.47. The van der Waals surface area contributed by atoms with E-state index >= 15 is 0 Å². The molecule has 6 heteroatoms. The molecule has 0 saturated carbocycles. The van der Waals surface area contributed by atoms with Gasteiger partial charge in [-0.05, 0) is 37.6 Å². The lowest BCUT2D eigenvalue weighted by molar-refractivity contribution is 0.0795. The molecule has 0 bridgehead atoms. The van der Waals surface area contributed by atoms with Gasteiger partial charge in [0.15, 0.2) is 5.84 Å². The minimum Gasteiger partial charge on any atom is -0.409 e. The van der Waals surface area contributed by atoms with Crippen LogP contribution >= 0.6 is 0 Å². The topological polar surface area (TPSA) is 90.9 Å². The summed E-state index contributed by atoms with van der Waals surface area (Å²) in [5.74, 6) is -0.600. The molecule has 0 saturated heterocycles. The number of hydrogen-bond donors (Lipinski definition) is 4. The van der Waals surface area contributed by atoms with Gasteiger partial charge in [0.05, 0.1) is 5.60 Å². The van der Waals surface area contributed by atoms with Crippen LogP contribution in [0.3, 0.4) is 0 Å². The summed E-state index contributed by atoms with van der Waals surface area (Å²) < 4.78 is 13.3. The zero-order chi connectivity index (χ0) is 13.8. The van der Waals surface area contributed by atoms with Gasteiger partial charge in [-0.25, -0.2) is 4.39 Å². The third-order valence-corrected chi connectivity index (χ3v) is 2.25. The van der Waals surface area contributed by atoms with Gasteiger partial charge in [-0.2, -0.15) is 0 Å². The Kier molecular flexibility index (Phi) is 4.63. The number of halogens is 1. The summed E-state index contributed by atoms with van der Waals surface area (Å²) in [6.07, 6.45) is 0. The lowest BCUT2D eigenvalue weighted by Gasteiger charge is -2.17. The highest BCUT2D eigenvalue weighted by atomic mass is 19.1. The lowest BCUT2D eigenvalue weighted by atomic mass is 10.1. The van der Waals surface area contributed by atoms with E-state index in [0.29, 0.717) is 24.2 Å². The molecule has 0 aliphatic heterocycles. The van der Waals surface area contributed by atoms with Crippen molar-refractivity contribution in [2.45, 2.75) is 26.0 Å². The van der Waals surface area contributed by atoms with Gasteiger partial charge in [-0.1, -0.05) is 5.16 Å². The number of hydrogen-bond acceptors (Lipinski definition) is 4. The van der Waals surface area contributed by atoms with E-state index in [1.165, 1.54) is 12.1 Å². The molecule has 0 heterocycles. The number of aliphatic hydroxyl groups is 1. The van der Waals surface area contributed by atoms with Gasteiger partial charge in [0.1, 0.15) is 5.82 Å². The molecule has 0 fully saturated rings. The molecule has 0 spiro atoms. The molecule has 100 valence electrons. The summed E-state index contributed by atoms with van der Waals surface area (Å²) in [7, 11) is 0. The molecule has 0 radical (unpaired) electrons. The number of oxime groups is 1. The van der Waals surface area contributed by atoms with E-state index in [-0.39, 0.29) is 5.84 Å². The fourth-order valence-corrected chi connectivity index (χ4v) is 1.47. The summed E-state index contributed by atoms with van der Waals surface area (Å²) >= 11 is 0. The molecule has 0 aliphatic carbocycles. The average Bonchev–Trinajstić information content (AvgIpc) is 2.25. The third-order valence-electron chi connectivity index (χ3n) is 2.25. The number of benzene rings is 1. The van der Waals surface area contributed by atoms with Gasteiger partial charge >= 0.3 is 0 Å². The second kappa shape index (κ2) is 5.79. The average molecular weight is 255 g/mol. The van der Waals surface area contributed by atoms with E-state index in [9.17, 15) is 9.50 Å². The fraction of sp³-hybridized carbons (Fsp3) is 0.417. The maximum absolute atomic E-state index is 13.3. The smallest absolute Gasteiger partial charge is 0.170 e. The Labute approximate surface area is 105 Å². The Morgan fingerprint density at radius 3 is 2.67 bits per heavy atom. The van der Waals surface area contributed by atoms with Crippen molar-refractivity contribution >= 4 is 5.84 Å². The summed E-state index contributed by atoms with van der Waals surface area (Å²) in [5, 5.41) is 23.9. The zero-order valence-electron chi connectivity index (χ0n) is 10.4. The van der Waals surface area contributed by atoms with Crippen LogP contribution in [0, 0.1) is 5.82 Å². The molecule has 1 aromatic carbocycles. The highest BCUT2D eigenvalue weighted by Gasteiger charge is 2.11. The highest BCUT2D eigenvalue weighted by Crippen LogP contribution is 2.09. The normalized spacial score (nSPS) is 12.8. The molecule has 5 N–H and O–H groups in total. The minimum absolute atomic E-state index is 0.141. The maximum atomic E-state index is 13.3. The van der Waals surface area contributed by atoms with Crippen LogP contribution in [-0.2, 0) is 6.54 Å². The first-order valence-electron chi connectivity index (χ1n) is 5.52. The molecule has 0 unspecified atom stereocenters. The first kappa shape index (κ1) is 14.4. The quantitative estimate of drug-likeness (QED) is 0.271. The maximum Gasteiger partial charge on any atom is 0.170 e. The van der Waals surface area contributed by atoms with Gasteiger partial charge in [0.2, 0.25) is 0 Å². The second-order valence-corrected chi connectivity index (χ2v) is 4.75. The molecule has 0 atom stereocenters. The molecule has 0 aromatic heterocycles. The van der Waals surface area contributed by atoms with Crippen molar-refractivity contribution in [3.8, 4) is 0 Å². The highest BCUT2D eigenvalue weighted by molar-refractivity contribution is 5.97. The molecule has 1 rings (SSSR count). The zero-order valence-corrected chi connectivity index (χ0v) is 10.4. The number of nitrogens with one attached hydrogen (secondary N) is 1. The summed E-state index contributed by atoms with van der Waals surface area (Å²) in [4.78, 5) is 0. The van der Waals surface area contributed by atoms with Crippen LogP contribution in [0.1, 0.15) is 25.0 Å². The molecule has 0 amide bonds. The van der Waals surface area contributed by atoms with Crippen LogP contribution in [0.15, 0.2) is 23.4 Å². The Balaban J connectivity index is 2.75. The SMILES string of the molecule is CC(C)(O)CNCc1cc(F)cc(/C(N)=N/O)c1. The number of rotatable bonds is 5. The van der Waals surface area contributed by atoms with Crippen molar-refractivity contribution in [1.29, 1.82) is 0 Å². The van der Waals surface area contributed by atoms with Crippen molar-refractivity contribution in [2.24, 2.45) is 10.9 Å². The monoisotopic (exact) mass is 255 g/mol. The summed E-state index contributed by atoms with van der Waals surface area (Å²) in [6, 6.07) is 4.16. The van der Waals surface area contributed by atoms with Crippen LogP contribution in [0.2, 0.25) is 0 Å². The molecule has 0 aliphatic rings. The van der Waals surface area contributed by atoms with Crippen LogP contribution in [0.5, 0.6) is 0 Å². The van der Waals surface area contributed by atoms with Gasteiger partial charge in [-0.3, -0.25) is 0 Å². The number of amidine groups is 1. The van der Waals surface area contributed by atoms with E-state index in [1.807, 2.05) is 0 Å². The van der Waals surface area contributed by atoms with E-state index in [4.69, 9.17) is 10.9 Å². The molecule has 5 nitrogen and oxygen atoms in total. The van der Waals surface area contributed by atoms with Crippen molar-refractivity contribution in [3.05, 3.63) is 35.1 Å². The molecular formula is C12H18FN3O2. The first-order chi connectivity index (χ1) is 8.31. The molecular weight excluding hydrogens is 237 g/mol. The van der Waals surface area contributed by atoms with Gasteiger partial charge in [0.25, 0.3) is 0 Å². The van der Waals surface area contributed by atoms with Crippen LogP contribution in [0.4, 0.5) is 4.39 Å². The standard InChI is InChI=1S/C12H18FN3O2/c1-12(2,17)7-15-6-8-3-9(11(14)16-18)5-10(13)4-8/h3-5,15,17-18H,6-7H2,1-2H3,(H2,14,16). The predicted molar refractivity (Wildman–Crippen MR) is 66.9 cm³/mol. The van der Waals surface area contributed by atoms with E-state index < -0.39 is 11.4 Å². The number of nitrogens with two attached hydrogens (primary N) is 1. The van der Waals surface area contributed by atoms with Gasteiger partial charge in [0, 0.05) is 18.7 Å². The lowest BCUT2D eigenvalue weighted by Crippen LogP contribution is -2.34. The largest absolute Gasteiger partial charge is 0.409 e. The van der Waals surface area contributed by atoms with E-state index in [2.05, 4.69) is 10.5 Å². The van der Waals surface area contributed by atoms with E-state index in [1.54, 1.807) is 19.9 Å². The van der Waals surface area contributed by atoms with Crippen LogP contribution < -0.4 is 11.1 Å². The minimum atomic E-state index is -0.832. The van der Waals surface area contributed by atoms with Gasteiger partial charge < -0.3 is 21.4 Å². The van der Waals surface area contributed by atoms with E-state index in [0.717, 1.165) is 0 Å². The Bertz CT molecular complexity index is 441. The Hall–Kier alpha value is -1.66. The molecule has 1 aromatic rings. The molecule has 18 heavy (non-hydrogen) atoms. The van der Waals surface area contributed by atoms with Crippen molar-refractivity contribution in [3.63, 3.8) is 0 Å². The van der Waals surface area contributed by atoms with Crippen LogP contribution in [0.25, 0.3) is 0 Å². The number of nitrogens with zero attached hydrogens (tertiary/aromatic N) is 1. The van der Waals surface area contributed by atoms with Crippen molar-refractivity contribution in [1.82, 2.24) is 5.32 Å². The van der Waals surface area contributed by atoms with Crippen molar-refractivity contribution < 1.29 is 14.7 Å². The summed E-state index contributed by atoms with van der Waals surface area (Å²) in [5.41, 5.74) is 5.54. The van der Waals surface area contributed by atoms with Crippen LogP contribution in [-0.4, -0.2) is 28.3 Å². The first-order valence-corrected chi connectivity index (χ1v) is 5.52. The second-order valence-electron chi connectivity index (χ2n) is 4.75. The predicted octanol–water partition coefficient (Wildman–Crippen LogP) is 0.781. The Morgan fingerprint density at radius 2 is 2.11 bits per heavy atom. The summed E-state index contributed by atoms with van der Waals surface area (Å²) in [6.45, 7) is 4.11.